The molecule has 1 aliphatic rings. The first kappa shape index (κ1) is 18.8. The second kappa shape index (κ2) is 7.83. The van der Waals surface area contributed by atoms with Crippen LogP contribution in [0.1, 0.15) is 44.1 Å². The largest absolute Gasteiger partial charge is 0.207 e. The van der Waals surface area contributed by atoms with Crippen molar-refractivity contribution in [1.82, 2.24) is 0 Å². The third kappa shape index (κ3) is 3.99. The molecule has 0 nitrogen and oxygen atoms in total. The molecule has 0 amide bonds. The van der Waals surface area contributed by atoms with E-state index in [2.05, 4.69) is 19.1 Å². The number of hydrogen-bond acceptors (Lipinski definition) is 0. The predicted molar refractivity (Wildman–Crippen MR) is 108 cm³/mol. The Kier molecular flexibility index (Phi) is 5.25. The van der Waals surface area contributed by atoms with E-state index in [9.17, 15) is 13.2 Å². The van der Waals surface area contributed by atoms with Gasteiger partial charge in [0.1, 0.15) is 17.5 Å². The Morgan fingerprint density at radius 1 is 0.643 bits per heavy atom. The van der Waals surface area contributed by atoms with E-state index < -0.39 is 17.5 Å². The number of benzene rings is 3. The second-order valence-electron chi connectivity index (χ2n) is 7.93. The molecule has 0 bridgehead atoms. The van der Waals surface area contributed by atoms with E-state index in [-0.39, 0.29) is 11.1 Å². The summed E-state index contributed by atoms with van der Waals surface area (Å²) in [4.78, 5) is 0. The normalized spacial score (nSPS) is 19.6. The summed E-state index contributed by atoms with van der Waals surface area (Å²) in [5.41, 5.74) is 3.42. The molecule has 4 rings (SSSR count). The maximum Gasteiger partial charge on any atom is 0.131 e. The van der Waals surface area contributed by atoms with Crippen LogP contribution in [-0.4, -0.2) is 0 Å². The van der Waals surface area contributed by atoms with Gasteiger partial charge < -0.3 is 0 Å². The Bertz CT molecular complexity index is 947. The number of rotatable bonds is 3. The van der Waals surface area contributed by atoms with E-state index >= 15 is 0 Å². The van der Waals surface area contributed by atoms with Crippen molar-refractivity contribution in [2.75, 3.05) is 0 Å². The molecule has 3 aromatic rings. The summed E-state index contributed by atoms with van der Waals surface area (Å²) in [5.74, 6) is -0.485. The SMILES string of the molecule is CC1CCC(c2ccc(-c3ccc(-c4cc(F)cc(F)c4)c(F)c3)cc2)CC1. The Hall–Kier alpha value is -2.55. The van der Waals surface area contributed by atoms with Crippen molar-refractivity contribution >= 4 is 0 Å². The van der Waals surface area contributed by atoms with Crippen LogP contribution in [-0.2, 0) is 0 Å². The van der Waals surface area contributed by atoms with Crippen LogP contribution in [0.3, 0.4) is 0 Å². The fourth-order valence-electron chi connectivity index (χ4n) is 4.18. The molecule has 0 unspecified atom stereocenters. The van der Waals surface area contributed by atoms with Gasteiger partial charge in [-0.1, -0.05) is 56.2 Å². The van der Waals surface area contributed by atoms with E-state index in [0.717, 1.165) is 35.2 Å². The van der Waals surface area contributed by atoms with Gasteiger partial charge in [0.2, 0.25) is 0 Å². The Morgan fingerprint density at radius 3 is 1.86 bits per heavy atom. The van der Waals surface area contributed by atoms with Gasteiger partial charge in [-0.2, -0.15) is 0 Å². The lowest BCUT2D eigenvalue weighted by Crippen LogP contribution is -2.10. The van der Waals surface area contributed by atoms with Crippen LogP contribution in [0.2, 0.25) is 0 Å². The van der Waals surface area contributed by atoms with Gasteiger partial charge in [0, 0.05) is 11.6 Å². The molecule has 0 aromatic heterocycles. The highest BCUT2D eigenvalue weighted by Gasteiger charge is 2.19. The summed E-state index contributed by atoms with van der Waals surface area (Å²) in [6, 6.07) is 16.2. The van der Waals surface area contributed by atoms with Crippen molar-refractivity contribution in [2.24, 2.45) is 5.92 Å². The topological polar surface area (TPSA) is 0 Å². The molecule has 0 spiro atoms. The monoisotopic (exact) mass is 380 g/mol. The van der Waals surface area contributed by atoms with Crippen LogP contribution in [0.5, 0.6) is 0 Å². The summed E-state index contributed by atoms with van der Waals surface area (Å²) in [6.07, 6.45) is 5.02. The van der Waals surface area contributed by atoms with Crippen molar-refractivity contribution in [3.05, 3.63) is 83.7 Å². The van der Waals surface area contributed by atoms with Gasteiger partial charge >= 0.3 is 0 Å². The minimum Gasteiger partial charge on any atom is -0.207 e. The Morgan fingerprint density at radius 2 is 1.25 bits per heavy atom. The highest BCUT2D eigenvalue weighted by atomic mass is 19.1. The van der Waals surface area contributed by atoms with Crippen molar-refractivity contribution < 1.29 is 13.2 Å². The van der Waals surface area contributed by atoms with Gasteiger partial charge in [0.05, 0.1) is 0 Å². The smallest absolute Gasteiger partial charge is 0.131 e. The fraction of sp³-hybridized carbons (Fsp3) is 0.280. The highest BCUT2D eigenvalue weighted by Crippen LogP contribution is 2.36. The third-order valence-electron chi connectivity index (χ3n) is 5.87. The lowest BCUT2D eigenvalue weighted by atomic mass is 9.79. The van der Waals surface area contributed by atoms with E-state index in [1.165, 1.54) is 37.3 Å². The van der Waals surface area contributed by atoms with Crippen molar-refractivity contribution in [2.45, 2.75) is 38.5 Å². The maximum atomic E-state index is 14.6. The number of halogens is 3. The molecule has 1 fully saturated rings. The zero-order chi connectivity index (χ0) is 19.7. The maximum absolute atomic E-state index is 14.6. The summed E-state index contributed by atoms with van der Waals surface area (Å²) in [7, 11) is 0. The quantitative estimate of drug-likeness (QED) is 0.436. The van der Waals surface area contributed by atoms with Crippen LogP contribution in [0, 0.1) is 23.4 Å². The minimum absolute atomic E-state index is 0.190. The number of hydrogen-bond donors (Lipinski definition) is 0. The molecule has 28 heavy (non-hydrogen) atoms. The average molecular weight is 380 g/mol. The lowest BCUT2D eigenvalue weighted by Gasteiger charge is -2.26. The zero-order valence-corrected chi connectivity index (χ0v) is 15.9. The standard InChI is InChI=1S/C25H23F3/c1-16-2-4-17(5-3-16)18-6-8-19(9-7-18)20-10-11-24(25(28)14-20)21-12-22(26)15-23(27)13-21/h6-17H,2-5H2,1H3. The van der Waals surface area contributed by atoms with Gasteiger partial charge in [-0.05, 0) is 65.1 Å². The first-order valence-electron chi connectivity index (χ1n) is 9.86. The van der Waals surface area contributed by atoms with E-state index in [4.69, 9.17) is 0 Å². The second-order valence-corrected chi connectivity index (χ2v) is 7.93. The Balaban J connectivity index is 1.57. The van der Waals surface area contributed by atoms with Crippen LogP contribution in [0.15, 0.2) is 60.7 Å². The molecular formula is C25H23F3. The van der Waals surface area contributed by atoms with E-state index in [1.807, 2.05) is 12.1 Å². The molecule has 0 heterocycles. The minimum atomic E-state index is -0.717. The van der Waals surface area contributed by atoms with Crippen molar-refractivity contribution in [3.8, 4) is 22.3 Å². The van der Waals surface area contributed by atoms with Gasteiger partial charge in [-0.25, -0.2) is 13.2 Å². The predicted octanol–water partition coefficient (Wildman–Crippen LogP) is 7.73. The molecular weight excluding hydrogens is 357 g/mol. The highest BCUT2D eigenvalue weighted by molar-refractivity contribution is 5.71. The molecule has 0 radical (unpaired) electrons. The molecule has 0 N–H and O–H groups in total. The van der Waals surface area contributed by atoms with E-state index in [1.54, 1.807) is 12.1 Å². The van der Waals surface area contributed by atoms with Crippen LogP contribution >= 0.6 is 0 Å². The molecule has 1 saturated carbocycles. The average Bonchev–Trinajstić information content (AvgIpc) is 2.68. The molecule has 0 aliphatic heterocycles. The van der Waals surface area contributed by atoms with Crippen LogP contribution in [0.4, 0.5) is 13.2 Å². The fourth-order valence-corrected chi connectivity index (χ4v) is 4.18. The van der Waals surface area contributed by atoms with Gasteiger partial charge in [0.25, 0.3) is 0 Å². The van der Waals surface area contributed by atoms with Crippen LogP contribution in [0.25, 0.3) is 22.3 Å². The van der Waals surface area contributed by atoms with E-state index in [0.29, 0.717) is 5.92 Å². The zero-order valence-electron chi connectivity index (χ0n) is 15.9. The first-order valence-corrected chi connectivity index (χ1v) is 9.86. The van der Waals surface area contributed by atoms with Gasteiger partial charge in [-0.3, -0.25) is 0 Å². The molecule has 144 valence electrons. The Labute approximate surface area is 164 Å². The molecule has 3 aromatic carbocycles. The van der Waals surface area contributed by atoms with Gasteiger partial charge in [0.15, 0.2) is 0 Å². The first-order chi connectivity index (χ1) is 13.5. The van der Waals surface area contributed by atoms with Crippen molar-refractivity contribution in [3.63, 3.8) is 0 Å². The summed E-state index contributed by atoms with van der Waals surface area (Å²) < 4.78 is 41.5. The van der Waals surface area contributed by atoms with Crippen molar-refractivity contribution in [1.29, 1.82) is 0 Å². The third-order valence-corrected chi connectivity index (χ3v) is 5.87. The van der Waals surface area contributed by atoms with Crippen LogP contribution < -0.4 is 0 Å². The molecule has 0 saturated heterocycles. The van der Waals surface area contributed by atoms with Gasteiger partial charge in [-0.15, -0.1) is 0 Å². The molecule has 3 heteroatoms. The summed E-state index contributed by atoms with van der Waals surface area (Å²) >= 11 is 0. The summed E-state index contributed by atoms with van der Waals surface area (Å²) in [6.45, 7) is 2.32. The lowest BCUT2D eigenvalue weighted by molar-refractivity contribution is 0.348. The molecule has 0 atom stereocenters. The molecule has 1 aliphatic carbocycles. The summed E-state index contributed by atoms with van der Waals surface area (Å²) in [5, 5.41) is 0.